The van der Waals surface area contributed by atoms with Crippen LogP contribution in [-0.2, 0) is 9.53 Å². The Hall–Kier alpha value is -2.60. The van der Waals surface area contributed by atoms with E-state index in [0.717, 1.165) is 5.56 Å². The van der Waals surface area contributed by atoms with Crippen molar-refractivity contribution in [3.63, 3.8) is 0 Å². The Morgan fingerprint density at radius 2 is 2.00 bits per heavy atom. The maximum absolute atomic E-state index is 12.8. The van der Waals surface area contributed by atoms with Crippen molar-refractivity contribution in [3.05, 3.63) is 64.2 Å². The molecule has 6 heteroatoms. The standard InChI is InChI=1S/C19H21NO5/c1-13-10-23-11-16(15-6-4-3-5-7-15)20(13)18(22)12-25-19-14(2)24-9-8-17(19)21/h3-9,13,16H,10-12H2,1-2H3/t13-,16-/m1/s1. The molecule has 3 rings (SSSR count). The van der Waals surface area contributed by atoms with Gasteiger partial charge in [0.25, 0.3) is 5.91 Å². The monoisotopic (exact) mass is 343 g/mol. The molecule has 1 aliphatic rings. The molecule has 6 nitrogen and oxygen atoms in total. The van der Waals surface area contributed by atoms with E-state index in [9.17, 15) is 9.59 Å². The summed E-state index contributed by atoms with van der Waals surface area (Å²) in [6, 6.07) is 10.8. The number of carbonyl (C=O) groups excluding carboxylic acids is 1. The van der Waals surface area contributed by atoms with Crippen molar-refractivity contribution in [2.24, 2.45) is 0 Å². The summed E-state index contributed by atoms with van der Waals surface area (Å²) >= 11 is 0. The predicted molar refractivity (Wildman–Crippen MR) is 91.5 cm³/mol. The Kier molecular flexibility index (Phi) is 5.19. The largest absolute Gasteiger partial charge is 0.476 e. The highest BCUT2D eigenvalue weighted by molar-refractivity contribution is 5.78. The van der Waals surface area contributed by atoms with Crippen molar-refractivity contribution < 1.29 is 18.7 Å². The van der Waals surface area contributed by atoms with E-state index < -0.39 is 0 Å². The molecule has 2 heterocycles. The van der Waals surface area contributed by atoms with E-state index in [1.54, 1.807) is 11.8 Å². The van der Waals surface area contributed by atoms with Crippen LogP contribution in [0.25, 0.3) is 0 Å². The normalized spacial score (nSPS) is 20.3. The minimum Gasteiger partial charge on any atom is -0.476 e. The molecular formula is C19H21NO5. The van der Waals surface area contributed by atoms with Crippen LogP contribution in [0.2, 0.25) is 0 Å². The number of aryl methyl sites for hydroxylation is 1. The molecule has 1 saturated heterocycles. The summed E-state index contributed by atoms with van der Waals surface area (Å²) in [4.78, 5) is 26.4. The number of ether oxygens (including phenoxy) is 2. The second-order valence-electron chi connectivity index (χ2n) is 6.07. The van der Waals surface area contributed by atoms with Crippen molar-refractivity contribution in [1.29, 1.82) is 0 Å². The van der Waals surface area contributed by atoms with Gasteiger partial charge in [-0.25, -0.2) is 0 Å². The van der Waals surface area contributed by atoms with Gasteiger partial charge in [-0.1, -0.05) is 30.3 Å². The van der Waals surface area contributed by atoms with E-state index in [2.05, 4.69) is 0 Å². The number of hydrogen-bond acceptors (Lipinski definition) is 5. The van der Waals surface area contributed by atoms with Crippen LogP contribution in [0.15, 0.2) is 51.9 Å². The molecule has 1 amide bonds. The SMILES string of the molecule is Cc1occc(=O)c1OCC(=O)N1[C@H](C)COC[C@@H]1c1ccccc1. The lowest BCUT2D eigenvalue weighted by Gasteiger charge is -2.40. The highest BCUT2D eigenvalue weighted by Crippen LogP contribution is 2.27. The topological polar surface area (TPSA) is 69.0 Å². The zero-order valence-corrected chi connectivity index (χ0v) is 14.3. The first-order valence-electron chi connectivity index (χ1n) is 8.23. The lowest BCUT2D eigenvalue weighted by Crippen LogP contribution is -2.50. The van der Waals surface area contributed by atoms with Crippen LogP contribution < -0.4 is 10.2 Å². The molecule has 1 aromatic carbocycles. The molecule has 1 fully saturated rings. The molecular weight excluding hydrogens is 322 g/mol. The van der Waals surface area contributed by atoms with Gasteiger partial charge in [0.05, 0.1) is 31.6 Å². The average molecular weight is 343 g/mol. The first kappa shape index (κ1) is 17.2. The highest BCUT2D eigenvalue weighted by Gasteiger charge is 2.33. The third kappa shape index (κ3) is 3.74. The Morgan fingerprint density at radius 3 is 2.72 bits per heavy atom. The number of rotatable bonds is 4. The van der Waals surface area contributed by atoms with Gasteiger partial charge in [0.2, 0.25) is 11.2 Å². The summed E-state index contributed by atoms with van der Waals surface area (Å²) in [5.41, 5.74) is 0.712. The number of amides is 1. The van der Waals surface area contributed by atoms with Crippen LogP contribution >= 0.6 is 0 Å². The summed E-state index contributed by atoms with van der Waals surface area (Å²) in [5.74, 6) is 0.246. The van der Waals surface area contributed by atoms with Gasteiger partial charge in [0.15, 0.2) is 6.61 Å². The van der Waals surface area contributed by atoms with E-state index in [1.807, 2.05) is 37.3 Å². The van der Waals surface area contributed by atoms with Crippen molar-refractivity contribution in [1.82, 2.24) is 4.90 Å². The second-order valence-corrected chi connectivity index (χ2v) is 6.07. The average Bonchev–Trinajstić information content (AvgIpc) is 2.61. The van der Waals surface area contributed by atoms with Gasteiger partial charge in [-0.15, -0.1) is 0 Å². The maximum atomic E-state index is 12.8. The molecule has 0 bridgehead atoms. The van der Waals surface area contributed by atoms with Crippen LogP contribution in [0.5, 0.6) is 5.75 Å². The molecule has 0 spiro atoms. The molecule has 0 aliphatic carbocycles. The van der Waals surface area contributed by atoms with Crippen LogP contribution in [0.1, 0.15) is 24.3 Å². The van der Waals surface area contributed by atoms with Gasteiger partial charge in [0, 0.05) is 6.07 Å². The molecule has 1 aliphatic heterocycles. The zero-order chi connectivity index (χ0) is 17.8. The second kappa shape index (κ2) is 7.53. The predicted octanol–water partition coefficient (Wildman–Crippen LogP) is 2.32. The van der Waals surface area contributed by atoms with Crippen LogP contribution in [0, 0.1) is 6.92 Å². The molecule has 2 aromatic rings. The molecule has 0 saturated carbocycles. The van der Waals surface area contributed by atoms with Crippen LogP contribution in [0.3, 0.4) is 0 Å². The van der Waals surface area contributed by atoms with Crippen molar-refractivity contribution >= 4 is 5.91 Å². The molecule has 0 N–H and O–H groups in total. The fourth-order valence-corrected chi connectivity index (χ4v) is 3.05. The number of nitrogens with zero attached hydrogens (tertiary/aromatic N) is 1. The molecule has 25 heavy (non-hydrogen) atoms. The highest BCUT2D eigenvalue weighted by atomic mass is 16.5. The molecule has 0 radical (unpaired) electrons. The first-order chi connectivity index (χ1) is 12.1. The maximum Gasteiger partial charge on any atom is 0.261 e. The Labute approximate surface area is 146 Å². The van der Waals surface area contributed by atoms with Crippen molar-refractivity contribution in [2.75, 3.05) is 19.8 Å². The fourth-order valence-electron chi connectivity index (χ4n) is 3.05. The van der Waals surface area contributed by atoms with E-state index in [0.29, 0.717) is 19.0 Å². The number of carbonyl (C=O) groups is 1. The summed E-state index contributed by atoms with van der Waals surface area (Å²) in [6.07, 6.45) is 1.31. The quantitative estimate of drug-likeness (QED) is 0.852. The van der Waals surface area contributed by atoms with Crippen LogP contribution in [-0.4, -0.2) is 36.7 Å². The van der Waals surface area contributed by atoms with Gasteiger partial charge in [-0.05, 0) is 19.4 Å². The van der Waals surface area contributed by atoms with Gasteiger partial charge < -0.3 is 18.8 Å². The number of hydrogen-bond donors (Lipinski definition) is 0. The third-order valence-electron chi connectivity index (χ3n) is 4.27. The van der Waals surface area contributed by atoms with Crippen molar-refractivity contribution in [2.45, 2.75) is 25.9 Å². The Bertz CT molecular complexity index is 786. The molecule has 0 unspecified atom stereocenters. The summed E-state index contributed by atoms with van der Waals surface area (Å²) in [5, 5.41) is 0. The summed E-state index contributed by atoms with van der Waals surface area (Å²) in [6.45, 7) is 4.26. The number of morpholine rings is 1. The minimum atomic E-state index is -0.300. The molecule has 1 aromatic heterocycles. The van der Waals surface area contributed by atoms with Gasteiger partial charge in [-0.3, -0.25) is 9.59 Å². The van der Waals surface area contributed by atoms with E-state index in [1.165, 1.54) is 12.3 Å². The number of benzene rings is 1. The Morgan fingerprint density at radius 1 is 1.24 bits per heavy atom. The van der Waals surface area contributed by atoms with Crippen molar-refractivity contribution in [3.8, 4) is 5.75 Å². The van der Waals surface area contributed by atoms with E-state index >= 15 is 0 Å². The fraction of sp³-hybridized carbons (Fsp3) is 0.368. The minimum absolute atomic E-state index is 0.0769. The first-order valence-corrected chi connectivity index (χ1v) is 8.23. The van der Waals surface area contributed by atoms with E-state index in [-0.39, 0.29) is 35.8 Å². The van der Waals surface area contributed by atoms with Crippen LogP contribution in [0.4, 0.5) is 0 Å². The third-order valence-corrected chi connectivity index (χ3v) is 4.27. The molecule has 132 valence electrons. The van der Waals surface area contributed by atoms with Gasteiger partial charge in [0.1, 0.15) is 5.76 Å². The van der Waals surface area contributed by atoms with Gasteiger partial charge >= 0.3 is 0 Å². The van der Waals surface area contributed by atoms with Gasteiger partial charge in [-0.2, -0.15) is 0 Å². The summed E-state index contributed by atoms with van der Waals surface area (Å²) < 4.78 is 16.3. The lowest BCUT2D eigenvalue weighted by atomic mass is 10.0. The summed E-state index contributed by atoms with van der Waals surface area (Å²) in [7, 11) is 0. The smallest absolute Gasteiger partial charge is 0.261 e. The van der Waals surface area contributed by atoms with E-state index in [4.69, 9.17) is 13.9 Å². The molecule has 2 atom stereocenters. The Balaban J connectivity index is 1.77. The zero-order valence-electron chi connectivity index (χ0n) is 14.3. The lowest BCUT2D eigenvalue weighted by molar-refractivity contribution is -0.147.